The van der Waals surface area contributed by atoms with E-state index < -0.39 is 0 Å². The minimum absolute atomic E-state index is 0.611. The van der Waals surface area contributed by atoms with E-state index in [-0.39, 0.29) is 0 Å². The zero-order chi connectivity index (χ0) is 8.10. The van der Waals surface area contributed by atoms with Crippen molar-refractivity contribution in [2.24, 2.45) is 0 Å². The molecule has 0 aliphatic rings. The van der Waals surface area contributed by atoms with E-state index in [0.717, 1.165) is 8.89 Å². The topological polar surface area (TPSA) is 23.8 Å². The highest BCUT2D eigenvalue weighted by atomic mass is 32.2. The summed E-state index contributed by atoms with van der Waals surface area (Å²) in [7, 11) is 0. The van der Waals surface area contributed by atoms with Crippen LogP contribution in [0.5, 0.6) is 0 Å². The van der Waals surface area contributed by atoms with E-state index in [1.807, 2.05) is 0 Å². The summed E-state index contributed by atoms with van der Waals surface area (Å²) >= 11 is 9.89. The Morgan fingerprint density at radius 1 is 1.73 bits per heavy atom. The molecule has 0 bridgehead atoms. The second-order valence-corrected chi connectivity index (χ2v) is 6.17. The fourth-order valence-electron chi connectivity index (χ4n) is 0.487. The standard InChI is InChI=1S/C6H5NS4/c7-2-1-3-9-5-4-10-6(8)11-5/h4H,1,3H2. The average Bonchev–Trinajstić information content (AvgIpc) is 2.37. The van der Waals surface area contributed by atoms with E-state index in [9.17, 15) is 0 Å². The van der Waals surface area contributed by atoms with Crippen LogP contribution in [0.25, 0.3) is 0 Å². The van der Waals surface area contributed by atoms with Crippen LogP contribution in [0.4, 0.5) is 0 Å². The van der Waals surface area contributed by atoms with Crippen molar-refractivity contribution < 1.29 is 0 Å². The van der Waals surface area contributed by atoms with Gasteiger partial charge in [0.25, 0.3) is 0 Å². The molecule has 5 heteroatoms. The molecule has 0 saturated carbocycles. The van der Waals surface area contributed by atoms with Crippen LogP contribution in [0.1, 0.15) is 6.42 Å². The van der Waals surface area contributed by atoms with Gasteiger partial charge in [-0.05, 0) is 0 Å². The third-order valence-corrected chi connectivity index (χ3v) is 4.72. The van der Waals surface area contributed by atoms with Crippen LogP contribution in [-0.4, -0.2) is 5.75 Å². The molecule has 11 heavy (non-hydrogen) atoms. The van der Waals surface area contributed by atoms with Gasteiger partial charge in [0.15, 0.2) is 0 Å². The van der Waals surface area contributed by atoms with Gasteiger partial charge in [0.2, 0.25) is 0 Å². The average molecular weight is 219 g/mol. The maximum atomic E-state index is 8.27. The predicted octanol–water partition coefficient (Wildman–Crippen LogP) is 3.54. The highest BCUT2D eigenvalue weighted by molar-refractivity contribution is 8.01. The molecule has 0 saturated heterocycles. The number of hydrogen-bond donors (Lipinski definition) is 0. The zero-order valence-electron chi connectivity index (χ0n) is 5.57. The van der Waals surface area contributed by atoms with Crippen LogP contribution in [0.15, 0.2) is 9.59 Å². The van der Waals surface area contributed by atoms with Gasteiger partial charge in [-0.2, -0.15) is 5.26 Å². The molecule has 0 N–H and O–H groups in total. The van der Waals surface area contributed by atoms with Gasteiger partial charge in [-0.3, -0.25) is 0 Å². The first-order valence-corrected chi connectivity index (χ1v) is 6.00. The van der Waals surface area contributed by atoms with Crippen LogP contribution in [0.2, 0.25) is 0 Å². The summed E-state index contributed by atoms with van der Waals surface area (Å²) in [5.41, 5.74) is 0. The molecule has 0 aliphatic heterocycles. The number of thioether (sulfide) groups is 1. The van der Waals surface area contributed by atoms with Crippen LogP contribution in [-0.2, 0) is 0 Å². The summed E-state index contributed by atoms with van der Waals surface area (Å²) in [4.78, 5) is 0. The second kappa shape index (κ2) is 4.88. The van der Waals surface area contributed by atoms with E-state index >= 15 is 0 Å². The third kappa shape index (κ3) is 3.34. The smallest absolute Gasteiger partial charge is 0.144 e. The largest absolute Gasteiger partial charge is 0.198 e. The lowest BCUT2D eigenvalue weighted by molar-refractivity contribution is 1.24. The predicted molar refractivity (Wildman–Crippen MR) is 54.0 cm³/mol. The van der Waals surface area contributed by atoms with E-state index in [1.165, 1.54) is 4.21 Å². The van der Waals surface area contributed by atoms with E-state index in [4.69, 9.17) is 17.5 Å². The number of rotatable bonds is 3. The summed E-state index contributed by atoms with van der Waals surface area (Å²) in [5, 5.41) is 10.3. The van der Waals surface area contributed by atoms with Crippen molar-refractivity contribution in [1.29, 1.82) is 5.26 Å². The molecule has 0 spiro atoms. The van der Waals surface area contributed by atoms with E-state index in [2.05, 4.69) is 11.4 Å². The summed E-state index contributed by atoms with van der Waals surface area (Å²) in [6, 6.07) is 2.11. The van der Waals surface area contributed by atoms with Gasteiger partial charge in [0.1, 0.15) is 3.14 Å². The Labute approximate surface area is 82.7 Å². The molecule has 58 valence electrons. The Morgan fingerprint density at radius 2 is 2.55 bits per heavy atom. The molecular weight excluding hydrogens is 214 g/mol. The first-order valence-electron chi connectivity index (χ1n) is 2.91. The van der Waals surface area contributed by atoms with E-state index in [0.29, 0.717) is 6.42 Å². The Bertz CT molecular complexity index is 305. The Kier molecular flexibility index (Phi) is 4.08. The lowest BCUT2D eigenvalue weighted by atomic mass is 10.6. The molecule has 1 heterocycles. The highest BCUT2D eigenvalue weighted by Gasteiger charge is 1.95. The minimum Gasteiger partial charge on any atom is -0.198 e. The third-order valence-electron chi connectivity index (χ3n) is 0.893. The molecule has 0 radical (unpaired) electrons. The van der Waals surface area contributed by atoms with Crippen LogP contribution < -0.4 is 0 Å². The second-order valence-electron chi connectivity index (χ2n) is 1.66. The van der Waals surface area contributed by atoms with Crippen molar-refractivity contribution in [2.45, 2.75) is 10.6 Å². The lowest BCUT2D eigenvalue weighted by Crippen LogP contribution is -1.71. The van der Waals surface area contributed by atoms with Gasteiger partial charge in [0.05, 0.1) is 10.3 Å². The van der Waals surface area contributed by atoms with Crippen molar-refractivity contribution in [2.75, 3.05) is 5.75 Å². The van der Waals surface area contributed by atoms with Crippen LogP contribution >= 0.6 is 46.7 Å². The summed E-state index contributed by atoms with van der Waals surface area (Å²) in [5.74, 6) is 0.874. The van der Waals surface area contributed by atoms with Gasteiger partial charge in [-0.15, -0.1) is 34.4 Å². The lowest BCUT2D eigenvalue weighted by Gasteiger charge is -1.88. The molecule has 0 aromatic carbocycles. The Balaban J connectivity index is 2.40. The van der Waals surface area contributed by atoms with Gasteiger partial charge < -0.3 is 0 Å². The van der Waals surface area contributed by atoms with Crippen molar-refractivity contribution >= 4 is 46.7 Å². The van der Waals surface area contributed by atoms with Crippen LogP contribution in [0, 0.1) is 14.5 Å². The quantitative estimate of drug-likeness (QED) is 0.441. The zero-order valence-corrected chi connectivity index (χ0v) is 8.84. The minimum atomic E-state index is 0.611. The molecule has 1 nitrogen and oxygen atoms in total. The molecular formula is C6H5NS4. The number of nitriles is 1. The SMILES string of the molecule is N#CCCSc1csc(=S)s1. The Morgan fingerprint density at radius 3 is 3.09 bits per heavy atom. The normalized spacial score (nSPS) is 9.36. The molecule has 1 rings (SSSR count). The monoisotopic (exact) mass is 219 g/mol. The van der Waals surface area contributed by atoms with E-state index in [1.54, 1.807) is 34.4 Å². The van der Waals surface area contributed by atoms with Crippen molar-refractivity contribution in [1.82, 2.24) is 0 Å². The molecule has 0 amide bonds. The maximum Gasteiger partial charge on any atom is 0.144 e. The molecule has 1 aromatic heterocycles. The first-order chi connectivity index (χ1) is 5.33. The summed E-state index contributed by atoms with van der Waals surface area (Å²) < 4.78 is 2.19. The summed E-state index contributed by atoms with van der Waals surface area (Å²) in [6.45, 7) is 0. The number of nitrogens with zero attached hydrogens (tertiary/aromatic N) is 1. The number of hydrogen-bond acceptors (Lipinski definition) is 5. The van der Waals surface area contributed by atoms with Crippen molar-refractivity contribution in [3.05, 3.63) is 8.52 Å². The van der Waals surface area contributed by atoms with Gasteiger partial charge in [0, 0.05) is 17.6 Å². The van der Waals surface area contributed by atoms with Gasteiger partial charge in [-0.25, -0.2) is 0 Å². The Hall–Kier alpha value is 0.110. The van der Waals surface area contributed by atoms with Gasteiger partial charge >= 0.3 is 0 Å². The fraction of sp³-hybridized carbons (Fsp3) is 0.333. The summed E-state index contributed by atoms with van der Waals surface area (Å²) in [6.07, 6.45) is 0.611. The molecule has 1 aromatic rings. The van der Waals surface area contributed by atoms with Crippen molar-refractivity contribution in [3.63, 3.8) is 0 Å². The van der Waals surface area contributed by atoms with Crippen molar-refractivity contribution in [3.8, 4) is 6.07 Å². The molecule has 0 unspecified atom stereocenters. The maximum absolute atomic E-state index is 8.27. The first kappa shape index (κ1) is 9.20. The van der Waals surface area contributed by atoms with Crippen LogP contribution in [0.3, 0.4) is 0 Å². The van der Waals surface area contributed by atoms with Gasteiger partial charge in [-0.1, -0.05) is 12.2 Å². The molecule has 0 atom stereocenters. The fourth-order valence-corrected chi connectivity index (χ4v) is 4.06. The molecule has 0 aliphatic carbocycles. The molecule has 0 fully saturated rings. The highest BCUT2D eigenvalue weighted by Crippen LogP contribution is 2.28.